The fraction of sp³-hybridized carbons (Fsp3) is 0.918. The quantitative estimate of drug-likeness (QED) is 0.0197. The second-order valence-corrected chi connectivity index (χ2v) is 19.3. The Morgan fingerprint density at radius 2 is 0.935 bits per heavy atom. The summed E-state index contributed by atoms with van der Waals surface area (Å²) in [6, 6.07) is 0. The van der Waals surface area contributed by atoms with Crippen molar-refractivity contribution in [2.45, 2.75) is 269 Å². The number of hydrogen-bond acceptors (Lipinski definition) is 11. The average molecular weight is 905 g/mol. The Hall–Kier alpha value is -1.61. The Kier molecular flexibility index (Phi) is 37.4. The summed E-state index contributed by atoms with van der Waals surface area (Å²) >= 11 is 0. The van der Waals surface area contributed by atoms with Crippen molar-refractivity contribution in [1.82, 2.24) is 0 Å². The first-order valence-electron chi connectivity index (χ1n) is 25.2. The van der Waals surface area contributed by atoms with E-state index in [1.54, 1.807) is 0 Å². The van der Waals surface area contributed by atoms with E-state index in [2.05, 4.69) is 26.0 Å². The molecule has 0 aromatic rings. The van der Waals surface area contributed by atoms with E-state index >= 15 is 0 Å². The van der Waals surface area contributed by atoms with Gasteiger partial charge in [0.1, 0.15) is 36.8 Å². The zero-order valence-electron chi connectivity index (χ0n) is 39.2. The number of rotatable bonds is 43. The lowest BCUT2D eigenvalue weighted by molar-refractivity contribution is -0.297. The standard InChI is InChI=1S/C49H92O12S/c1-3-5-7-9-11-13-15-16-17-18-19-20-21-22-23-24-25-26-28-29-31-33-35-37-44(50)58-39-42(60-45(51)38-36-34-32-30-27-14-12-10-8-6-4-2)40-59-49-48(54)47(53)46(52)43(61-49)41-62(55,56)57/h10,12,42-43,46-49,52-54H,3-9,11,13-41H2,1-2H3,(H,55,56,57)/b12-10-. The van der Waals surface area contributed by atoms with Crippen LogP contribution in [0.3, 0.4) is 0 Å². The lowest BCUT2D eigenvalue weighted by atomic mass is 10.00. The van der Waals surface area contributed by atoms with Crippen LogP contribution in [0.2, 0.25) is 0 Å². The Labute approximate surface area is 377 Å². The van der Waals surface area contributed by atoms with Crippen LogP contribution in [0.5, 0.6) is 0 Å². The van der Waals surface area contributed by atoms with Crippen molar-refractivity contribution in [3.8, 4) is 0 Å². The number of aliphatic hydroxyl groups excluding tert-OH is 3. The molecule has 1 aliphatic heterocycles. The predicted molar refractivity (Wildman–Crippen MR) is 247 cm³/mol. The molecule has 0 radical (unpaired) electrons. The van der Waals surface area contributed by atoms with Gasteiger partial charge in [-0.3, -0.25) is 14.1 Å². The molecule has 366 valence electrons. The van der Waals surface area contributed by atoms with Crippen LogP contribution in [0.15, 0.2) is 12.2 Å². The molecule has 1 saturated heterocycles. The molecule has 0 aliphatic carbocycles. The second-order valence-electron chi connectivity index (χ2n) is 17.8. The summed E-state index contributed by atoms with van der Waals surface area (Å²) in [5.74, 6) is -1.98. The molecule has 62 heavy (non-hydrogen) atoms. The minimum absolute atomic E-state index is 0.158. The van der Waals surface area contributed by atoms with E-state index in [-0.39, 0.29) is 19.4 Å². The molecular weight excluding hydrogens is 813 g/mol. The summed E-state index contributed by atoms with van der Waals surface area (Å²) in [4.78, 5) is 25.4. The highest BCUT2D eigenvalue weighted by Crippen LogP contribution is 2.24. The summed E-state index contributed by atoms with van der Waals surface area (Å²) in [7, 11) is -4.60. The fourth-order valence-corrected chi connectivity index (χ4v) is 8.59. The molecule has 4 N–H and O–H groups in total. The minimum atomic E-state index is -4.60. The Morgan fingerprint density at radius 1 is 0.532 bits per heavy atom. The molecule has 1 fully saturated rings. The van der Waals surface area contributed by atoms with Crippen LogP contribution in [0.4, 0.5) is 0 Å². The van der Waals surface area contributed by atoms with Gasteiger partial charge in [-0.25, -0.2) is 0 Å². The van der Waals surface area contributed by atoms with E-state index < -0.39 is 71.2 Å². The van der Waals surface area contributed by atoms with Gasteiger partial charge in [0.25, 0.3) is 10.1 Å². The van der Waals surface area contributed by atoms with E-state index in [1.807, 2.05) is 0 Å². The van der Waals surface area contributed by atoms with Gasteiger partial charge in [0.2, 0.25) is 0 Å². The third kappa shape index (κ3) is 33.8. The van der Waals surface area contributed by atoms with Crippen molar-refractivity contribution in [2.24, 2.45) is 0 Å². The van der Waals surface area contributed by atoms with Gasteiger partial charge in [-0.2, -0.15) is 8.42 Å². The first kappa shape index (κ1) is 58.4. The molecule has 12 nitrogen and oxygen atoms in total. The predicted octanol–water partition coefficient (Wildman–Crippen LogP) is 11.0. The van der Waals surface area contributed by atoms with Crippen molar-refractivity contribution in [2.75, 3.05) is 19.0 Å². The third-order valence-electron chi connectivity index (χ3n) is 11.8. The van der Waals surface area contributed by atoms with Gasteiger partial charge in [0.05, 0.1) is 6.61 Å². The molecular formula is C49H92O12S. The maximum atomic E-state index is 12.8. The molecule has 0 saturated carbocycles. The lowest BCUT2D eigenvalue weighted by Crippen LogP contribution is -2.60. The van der Waals surface area contributed by atoms with Crippen molar-refractivity contribution < 1.29 is 56.8 Å². The Bertz CT molecular complexity index is 1200. The molecule has 1 rings (SSSR count). The summed E-state index contributed by atoms with van der Waals surface area (Å²) in [6.07, 6.45) is 34.2. The molecule has 6 unspecified atom stereocenters. The van der Waals surface area contributed by atoms with Gasteiger partial charge >= 0.3 is 11.9 Å². The second kappa shape index (κ2) is 39.7. The molecule has 0 bridgehead atoms. The minimum Gasteiger partial charge on any atom is -0.462 e. The van der Waals surface area contributed by atoms with Crippen LogP contribution in [0, 0.1) is 0 Å². The maximum absolute atomic E-state index is 12.8. The van der Waals surface area contributed by atoms with Crippen LogP contribution < -0.4 is 0 Å². The largest absolute Gasteiger partial charge is 0.462 e. The van der Waals surface area contributed by atoms with Gasteiger partial charge in [-0.05, 0) is 32.1 Å². The van der Waals surface area contributed by atoms with E-state index in [0.29, 0.717) is 12.8 Å². The molecule has 13 heteroatoms. The van der Waals surface area contributed by atoms with Gasteiger partial charge in [0, 0.05) is 12.8 Å². The van der Waals surface area contributed by atoms with E-state index in [4.69, 9.17) is 18.9 Å². The molecule has 0 amide bonds. The topological polar surface area (TPSA) is 186 Å². The number of carbonyl (C=O) groups is 2. The number of ether oxygens (including phenoxy) is 4. The van der Waals surface area contributed by atoms with Crippen LogP contribution in [0.25, 0.3) is 0 Å². The van der Waals surface area contributed by atoms with Crippen molar-refractivity contribution in [3.05, 3.63) is 12.2 Å². The Morgan fingerprint density at radius 3 is 1.39 bits per heavy atom. The molecule has 1 heterocycles. The van der Waals surface area contributed by atoms with E-state index in [0.717, 1.165) is 57.8 Å². The fourth-order valence-electron chi connectivity index (χ4n) is 7.90. The summed E-state index contributed by atoms with van der Waals surface area (Å²) < 4.78 is 54.1. The molecule has 0 spiro atoms. The first-order chi connectivity index (χ1) is 30.0. The highest BCUT2D eigenvalue weighted by Gasteiger charge is 2.46. The molecule has 1 aliphatic rings. The number of esters is 2. The zero-order chi connectivity index (χ0) is 45.5. The van der Waals surface area contributed by atoms with Gasteiger partial charge in [0.15, 0.2) is 12.4 Å². The maximum Gasteiger partial charge on any atom is 0.306 e. The molecule has 6 atom stereocenters. The monoisotopic (exact) mass is 905 g/mol. The van der Waals surface area contributed by atoms with Gasteiger partial charge in [-0.1, -0.05) is 199 Å². The number of carbonyl (C=O) groups excluding carboxylic acids is 2. The molecule has 0 aromatic heterocycles. The van der Waals surface area contributed by atoms with E-state index in [9.17, 15) is 37.9 Å². The van der Waals surface area contributed by atoms with Gasteiger partial charge < -0.3 is 34.3 Å². The normalized spacial score (nSPS) is 19.9. The number of hydrogen-bond donors (Lipinski definition) is 4. The van der Waals surface area contributed by atoms with E-state index in [1.165, 1.54) is 135 Å². The summed E-state index contributed by atoms with van der Waals surface area (Å²) in [5, 5.41) is 30.9. The highest BCUT2D eigenvalue weighted by atomic mass is 32.2. The highest BCUT2D eigenvalue weighted by molar-refractivity contribution is 7.85. The van der Waals surface area contributed by atoms with Crippen molar-refractivity contribution >= 4 is 22.1 Å². The van der Waals surface area contributed by atoms with Crippen LogP contribution >= 0.6 is 0 Å². The smallest absolute Gasteiger partial charge is 0.306 e. The number of allylic oxidation sites excluding steroid dienone is 2. The van der Waals surface area contributed by atoms with Crippen LogP contribution in [-0.2, 0) is 38.7 Å². The van der Waals surface area contributed by atoms with Gasteiger partial charge in [-0.15, -0.1) is 0 Å². The van der Waals surface area contributed by atoms with Crippen molar-refractivity contribution in [1.29, 1.82) is 0 Å². The van der Waals surface area contributed by atoms with Crippen molar-refractivity contribution in [3.63, 3.8) is 0 Å². The summed E-state index contributed by atoms with van der Waals surface area (Å²) in [5.41, 5.74) is 0. The third-order valence-corrected chi connectivity index (χ3v) is 12.6. The zero-order valence-corrected chi connectivity index (χ0v) is 40.1. The number of unbranched alkanes of at least 4 members (excludes halogenated alkanes) is 29. The first-order valence-corrected chi connectivity index (χ1v) is 26.9. The SMILES string of the molecule is CCCC/C=C\CCCCCCCC(=O)OC(COC(=O)CCCCCCCCCCCCCCCCCCCCCCCCC)COC1OC(CS(=O)(=O)O)C(O)C(O)C1O. The molecule has 0 aromatic carbocycles. The average Bonchev–Trinajstić information content (AvgIpc) is 3.24. The van der Waals surface area contributed by atoms with Crippen LogP contribution in [-0.4, -0.2) is 96.0 Å². The number of aliphatic hydroxyl groups is 3. The van der Waals surface area contributed by atoms with Crippen LogP contribution in [0.1, 0.15) is 232 Å². The Balaban J connectivity index is 2.29. The lowest BCUT2D eigenvalue weighted by Gasteiger charge is -2.40. The summed E-state index contributed by atoms with van der Waals surface area (Å²) in [6.45, 7) is 3.74.